The van der Waals surface area contributed by atoms with Crippen molar-refractivity contribution in [3.63, 3.8) is 0 Å². The molecule has 0 bridgehead atoms. The third-order valence-corrected chi connectivity index (χ3v) is 5.83. The van der Waals surface area contributed by atoms with Gasteiger partial charge >= 0.3 is 0 Å². The van der Waals surface area contributed by atoms with Gasteiger partial charge in [-0.15, -0.1) is 0 Å². The fraction of sp³-hybridized carbons (Fsp3) is 0.500. The average molecular weight is 311 g/mol. The van der Waals surface area contributed by atoms with Crippen molar-refractivity contribution in [3.8, 4) is 0 Å². The molecule has 2 aliphatic carbocycles. The number of ketones is 2. The van der Waals surface area contributed by atoms with Gasteiger partial charge in [-0.1, -0.05) is 60.0 Å². The number of hydrogen-bond donors (Lipinski definition) is 0. The van der Waals surface area contributed by atoms with Crippen molar-refractivity contribution in [3.05, 3.63) is 35.9 Å². The lowest BCUT2D eigenvalue weighted by Crippen LogP contribution is -2.70. The molecule has 0 N–H and O–H groups in total. The molecule has 2 saturated carbocycles. The summed E-state index contributed by atoms with van der Waals surface area (Å²) < 4.78 is -1.52. The number of Topliss-reactive ketones (excluding diaryl/α,β-unsaturated/α-hetero) is 2. The molecule has 0 amide bonds. The predicted octanol–water partition coefficient (Wildman–Crippen LogP) is 3.73. The Morgan fingerprint density at radius 1 is 1.10 bits per heavy atom. The van der Waals surface area contributed by atoms with E-state index in [-0.39, 0.29) is 17.5 Å². The summed E-state index contributed by atoms with van der Waals surface area (Å²) in [6, 6.07) is 9.74. The summed E-state index contributed by atoms with van der Waals surface area (Å²) in [5.41, 5.74) is 0.189. The van der Waals surface area contributed by atoms with E-state index in [1.165, 1.54) is 0 Å². The van der Waals surface area contributed by atoms with Crippen molar-refractivity contribution >= 4 is 34.8 Å². The minimum atomic E-state index is -1.52. The molecule has 1 aromatic carbocycles. The van der Waals surface area contributed by atoms with Gasteiger partial charge in [-0.25, -0.2) is 0 Å². The van der Waals surface area contributed by atoms with Gasteiger partial charge in [0.05, 0.1) is 5.41 Å². The Morgan fingerprint density at radius 3 is 2.45 bits per heavy atom. The number of rotatable bonds is 2. The summed E-state index contributed by atoms with van der Waals surface area (Å²) in [6.07, 6.45) is 3.44. The highest BCUT2D eigenvalue weighted by Gasteiger charge is 2.74. The lowest BCUT2D eigenvalue weighted by molar-refractivity contribution is -0.160. The highest BCUT2D eigenvalue weighted by atomic mass is 35.5. The van der Waals surface area contributed by atoms with E-state index < -0.39 is 9.75 Å². The van der Waals surface area contributed by atoms with Gasteiger partial charge < -0.3 is 0 Å². The molecule has 4 heteroatoms. The van der Waals surface area contributed by atoms with Crippen LogP contribution >= 0.6 is 23.2 Å². The van der Waals surface area contributed by atoms with E-state index >= 15 is 0 Å². The maximum atomic E-state index is 12.4. The van der Waals surface area contributed by atoms with Gasteiger partial charge in [0.25, 0.3) is 0 Å². The molecular weight excluding hydrogens is 295 g/mol. The predicted molar refractivity (Wildman–Crippen MR) is 79.0 cm³/mol. The van der Waals surface area contributed by atoms with Gasteiger partial charge in [-0.2, -0.15) is 0 Å². The van der Waals surface area contributed by atoms with Gasteiger partial charge in [-0.05, 0) is 24.8 Å². The van der Waals surface area contributed by atoms with E-state index in [4.69, 9.17) is 23.2 Å². The monoisotopic (exact) mass is 310 g/mol. The third kappa shape index (κ3) is 1.78. The number of alkyl halides is 2. The fourth-order valence-electron chi connectivity index (χ4n) is 3.67. The van der Waals surface area contributed by atoms with Crippen molar-refractivity contribution in [2.75, 3.05) is 0 Å². The summed E-state index contributed by atoms with van der Waals surface area (Å²) in [6.45, 7) is 0. The Bertz CT molecular complexity index is 553. The van der Waals surface area contributed by atoms with Gasteiger partial charge in [0.15, 0.2) is 10.1 Å². The molecule has 2 atom stereocenters. The molecule has 2 aliphatic rings. The van der Waals surface area contributed by atoms with Crippen molar-refractivity contribution in [1.82, 2.24) is 0 Å². The lowest BCUT2D eigenvalue weighted by Gasteiger charge is -2.57. The molecule has 0 heterocycles. The summed E-state index contributed by atoms with van der Waals surface area (Å²) in [5, 5.41) is 0. The van der Waals surface area contributed by atoms with Crippen molar-refractivity contribution in [2.45, 2.75) is 36.4 Å². The smallest absolute Gasteiger partial charge is 0.189 e. The number of carbonyl (C=O) groups is 2. The Kier molecular flexibility index (Phi) is 3.42. The SMILES string of the molecule is O=C1C(Cc2ccccc2)C2(CCCCC2=O)C1(Cl)Cl. The quantitative estimate of drug-likeness (QED) is 0.780. The standard InChI is InChI=1S/C16H16Cl2O2/c17-16(18)14(20)12(10-11-6-2-1-3-7-11)15(16)9-5-4-8-13(15)19/h1-3,6-7,12H,4-5,8-10H2. The zero-order valence-electron chi connectivity index (χ0n) is 11.1. The van der Waals surface area contributed by atoms with Crippen molar-refractivity contribution < 1.29 is 9.59 Å². The molecule has 0 aliphatic heterocycles. The molecule has 1 spiro atoms. The molecule has 106 valence electrons. The number of benzene rings is 1. The van der Waals surface area contributed by atoms with Crippen LogP contribution in [0.4, 0.5) is 0 Å². The van der Waals surface area contributed by atoms with Gasteiger partial charge in [-0.3, -0.25) is 9.59 Å². The van der Waals surface area contributed by atoms with Gasteiger partial charge in [0.1, 0.15) is 5.78 Å². The minimum Gasteiger partial charge on any atom is -0.299 e. The molecule has 1 aromatic rings. The van der Waals surface area contributed by atoms with E-state index in [0.29, 0.717) is 19.3 Å². The van der Waals surface area contributed by atoms with Crippen LogP contribution in [0.5, 0.6) is 0 Å². The second kappa shape index (κ2) is 4.85. The number of halogens is 2. The van der Waals surface area contributed by atoms with E-state index in [1.54, 1.807) is 0 Å². The zero-order chi connectivity index (χ0) is 14.4. The van der Waals surface area contributed by atoms with E-state index in [9.17, 15) is 9.59 Å². The summed E-state index contributed by atoms with van der Waals surface area (Å²) in [7, 11) is 0. The molecule has 2 fully saturated rings. The van der Waals surface area contributed by atoms with Crippen LogP contribution in [0.15, 0.2) is 30.3 Å². The average Bonchev–Trinajstić information content (AvgIpc) is 2.46. The highest BCUT2D eigenvalue weighted by molar-refractivity contribution is 6.63. The third-order valence-electron chi connectivity index (χ3n) is 4.79. The Hall–Kier alpha value is -0.860. The first-order valence-electron chi connectivity index (χ1n) is 6.99. The van der Waals surface area contributed by atoms with Crippen molar-refractivity contribution in [2.24, 2.45) is 11.3 Å². The van der Waals surface area contributed by atoms with E-state index in [1.807, 2.05) is 30.3 Å². The van der Waals surface area contributed by atoms with Crippen LogP contribution < -0.4 is 0 Å². The second-order valence-corrected chi connectivity index (χ2v) is 7.11. The Balaban J connectivity index is 1.93. The topological polar surface area (TPSA) is 34.1 Å². The highest BCUT2D eigenvalue weighted by Crippen LogP contribution is 2.64. The maximum absolute atomic E-state index is 12.4. The Labute approximate surface area is 128 Å². The first-order chi connectivity index (χ1) is 9.50. The van der Waals surface area contributed by atoms with Crippen LogP contribution in [0.3, 0.4) is 0 Å². The van der Waals surface area contributed by atoms with Gasteiger partial charge in [0, 0.05) is 12.3 Å². The maximum Gasteiger partial charge on any atom is 0.189 e. The number of hydrogen-bond acceptors (Lipinski definition) is 2. The molecule has 0 aromatic heterocycles. The van der Waals surface area contributed by atoms with Crippen LogP contribution in [0, 0.1) is 11.3 Å². The molecule has 2 nitrogen and oxygen atoms in total. The van der Waals surface area contributed by atoms with Crippen LogP contribution in [0.25, 0.3) is 0 Å². The fourth-order valence-corrected chi connectivity index (χ4v) is 4.60. The lowest BCUT2D eigenvalue weighted by atomic mass is 9.50. The zero-order valence-corrected chi connectivity index (χ0v) is 12.6. The Morgan fingerprint density at radius 2 is 1.80 bits per heavy atom. The van der Waals surface area contributed by atoms with Crippen LogP contribution in [-0.4, -0.2) is 15.9 Å². The second-order valence-electron chi connectivity index (χ2n) is 5.78. The normalized spacial score (nSPS) is 32.2. The summed E-state index contributed by atoms with van der Waals surface area (Å²) in [5.74, 6) is -0.498. The summed E-state index contributed by atoms with van der Waals surface area (Å²) in [4.78, 5) is 24.7. The largest absolute Gasteiger partial charge is 0.299 e. The first kappa shape index (κ1) is 14.1. The molecule has 3 rings (SSSR count). The molecule has 0 saturated heterocycles. The minimum absolute atomic E-state index is 0.0641. The molecule has 20 heavy (non-hydrogen) atoms. The van der Waals surface area contributed by atoms with Crippen LogP contribution in [-0.2, 0) is 16.0 Å². The van der Waals surface area contributed by atoms with Crippen molar-refractivity contribution in [1.29, 1.82) is 0 Å². The van der Waals surface area contributed by atoms with E-state index in [0.717, 1.165) is 18.4 Å². The molecular formula is C16H16Cl2O2. The number of carbonyl (C=O) groups excluding carboxylic acids is 2. The van der Waals surface area contributed by atoms with Gasteiger partial charge in [0.2, 0.25) is 0 Å². The van der Waals surface area contributed by atoms with Crippen LogP contribution in [0.2, 0.25) is 0 Å². The molecule has 0 radical (unpaired) electrons. The summed E-state index contributed by atoms with van der Waals surface area (Å²) >= 11 is 12.5. The first-order valence-corrected chi connectivity index (χ1v) is 7.75. The van der Waals surface area contributed by atoms with Crippen LogP contribution in [0.1, 0.15) is 31.2 Å². The van der Waals surface area contributed by atoms with E-state index in [2.05, 4.69) is 0 Å². The molecule has 2 unspecified atom stereocenters.